The summed E-state index contributed by atoms with van der Waals surface area (Å²) in [4.78, 5) is 16.8. The molecule has 1 aromatic heterocycles. The van der Waals surface area contributed by atoms with Gasteiger partial charge in [-0.3, -0.25) is 4.79 Å². The van der Waals surface area contributed by atoms with Crippen molar-refractivity contribution in [2.45, 2.75) is 26.8 Å². The molecule has 0 spiro atoms. The molecule has 0 saturated carbocycles. The van der Waals surface area contributed by atoms with Crippen LogP contribution in [0.25, 0.3) is 0 Å². The Morgan fingerprint density at radius 1 is 1.43 bits per heavy atom. The fourth-order valence-electron chi connectivity index (χ4n) is 1.89. The van der Waals surface area contributed by atoms with Gasteiger partial charge in [0.25, 0.3) is 5.91 Å². The summed E-state index contributed by atoms with van der Waals surface area (Å²) in [6.45, 7) is 5.39. The first-order valence-corrected chi connectivity index (χ1v) is 7.75. The zero-order valence-corrected chi connectivity index (χ0v) is 13.1. The van der Waals surface area contributed by atoms with Crippen molar-refractivity contribution >= 4 is 28.2 Å². The van der Waals surface area contributed by atoms with Crippen LogP contribution in [0.3, 0.4) is 0 Å². The van der Waals surface area contributed by atoms with Gasteiger partial charge in [-0.05, 0) is 18.9 Å². The summed E-state index contributed by atoms with van der Waals surface area (Å²) in [5.74, 6) is 0.0939. The van der Waals surface area contributed by atoms with Crippen LogP contribution in [0.15, 0.2) is 24.3 Å². The minimum atomic E-state index is -0.184. The van der Waals surface area contributed by atoms with Crippen molar-refractivity contribution in [3.8, 4) is 0 Å². The molecule has 0 aliphatic carbocycles. The largest absolute Gasteiger partial charge is 0.382 e. The van der Waals surface area contributed by atoms with Gasteiger partial charge in [0.2, 0.25) is 0 Å². The normalized spacial score (nSPS) is 10.4. The standard InChI is InChI=1S/C15H20N4OS/c1-3-7-17-15-19-13(16)12(21-15)14(20)18-9-11-6-4-5-10(2)8-11/h4-6,8H,3,7,9,16H2,1-2H3,(H,17,19)(H,18,20). The second kappa shape index (κ2) is 7.08. The van der Waals surface area contributed by atoms with Crippen molar-refractivity contribution in [1.82, 2.24) is 10.3 Å². The van der Waals surface area contributed by atoms with Crippen molar-refractivity contribution in [3.63, 3.8) is 0 Å². The van der Waals surface area contributed by atoms with Crippen LogP contribution in [0, 0.1) is 6.92 Å². The van der Waals surface area contributed by atoms with Crippen LogP contribution < -0.4 is 16.4 Å². The predicted molar refractivity (Wildman–Crippen MR) is 87.7 cm³/mol. The second-order valence-electron chi connectivity index (χ2n) is 4.83. The SMILES string of the molecule is CCCNc1nc(N)c(C(=O)NCc2cccc(C)c2)s1. The van der Waals surface area contributed by atoms with E-state index in [0.29, 0.717) is 16.6 Å². The molecule has 1 aromatic carbocycles. The number of hydrogen-bond acceptors (Lipinski definition) is 5. The van der Waals surface area contributed by atoms with Gasteiger partial charge in [0.1, 0.15) is 10.7 Å². The fraction of sp³-hybridized carbons (Fsp3) is 0.333. The highest BCUT2D eigenvalue weighted by Gasteiger charge is 2.15. The van der Waals surface area contributed by atoms with Crippen molar-refractivity contribution < 1.29 is 4.79 Å². The number of nitrogen functional groups attached to an aromatic ring is 1. The molecule has 0 saturated heterocycles. The topological polar surface area (TPSA) is 80.0 Å². The fourth-order valence-corrected chi connectivity index (χ4v) is 2.71. The third-order valence-corrected chi connectivity index (χ3v) is 3.95. The van der Waals surface area contributed by atoms with E-state index in [1.807, 2.05) is 31.2 Å². The maximum atomic E-state index is 12.2. The molecule has 0 unspecified atom stereocenters. The van der Waals surface area contributed by atoms with Gasteiger partial charge in [0.05, 0.1) is 0 Å². The number of aryl methyl sites for hydroxylation is 1. The number of nitrogens with one attached hydrogen (secondary N) is 2. The average molecular weight is 304 g/mol. The Kier molecular flexibility index (Phi) is 5.16. The van der Waals surface area contributed by atoms with E-state index in [1.54, 1.807) is 0 Å². The maximum Gasteiger partial charge on any atom is 0.265 e. The van der Waals surface area contributed by atoms with Crippen LogP contribution in [-0.2, 0) is 6.54 Å². The monoisotopic (exact) mass is 304 g/mol. The highest BCUT2D eigenvalue weighted by Crippen LogP contribution is 2.24. The molecular weight excluding hydrogens is 284 g/mol. The number of nitrogens with zero attached hydrogens (tertiary/aromatic N) is 1. The second-order valence-corrected chi connectivity index (χ2v) is 5.83. The van der Waals surface area contributed by atoms with Crippen LogP contribution >= 0.6 is 11.3 Å². The molecule has 0 fully saturated rings. The Hall–Kier alpha value is -2.08. The van der Waals surface area contributed by atoms with Crippen LogP contribution in [0.4, 0.5) is 10.9 Å². The van der Waals surface area contributed by atoms with Gasteiger partial charge in [-0.1, -0.05) is 48.1 Å². The molecule has 0 radical (unpaired) electrons. The number of hydrogen-bond donors (Lipinski definition) is 3. The number of thiazole rings is 1. The summed E-state index contributed by atoms with van der Waals surface area (Å²) < 4.78 is 0. The van der Waals surface area contributed by atoms with Gasteiger partial charge in [-0.25, -0.2) is 4.98 Å². The van der Waals surface area contributed by atoms with Gasteiger partial charge in [-0.15, -0.1) is 0 Å². The van der Waals surface area contributed by atoms with Crippen molar-refractivity contribution in [1.29, 1.82) is 0 Å². The first kappa shape index (κ1) is 15.3. The molecule has 0 aliphatic rings. The van der Waals surface area contributed by atoms with E-state index in [9.17, 15) is 4.79 Å². The predicted octanol–water partition coefficient (Wildman–Crippen LogP) is 2.79. The smallest absolute Gasteiger partial charge is 0.265 e. The molecule has 0 atom stereocenters. The molecule has 1 heterocycles. The molecule has 2 aromatic rings. The number of nitrogens with two attached hydrogens (primary N) is 1. The minimum Gasteiger partial charge on any atom is -0.382 e. The summed E-state index contributed by atoms with van der Waals surface area (Å²) in [5, 5.41) is 6.71. The first-order valence-electron chi connectivity index (χ1n) is 6.94. The number of benzene rings is 1. The van der Waals surface area contributed by atoms with E-state index in [0.717, 1.165) is 18.5 Å². The maximum absolute atomic E-state index is 12.2. The van der Waals surface area contributed by atoms with E-state index in [1.165, 1.54) is 16.9 Å². The Balaban J connectivity index is 1.98. The van der Waals surface area contributed by atoms with Crippen molar-refractivity contribution in [3.05, 3.63) is 40.3 Å². The summed E-state index contributed by atoms with van der Waals surface area (Å²) in [5.41, 5.74) is 8.04. The van der Waals surface area contributed by atoms with Gasteiger partial charge < -0.3 is 16.4 Å². The van der Waals surface area contributed by atoms with Crippen LogP contribution in [-0.4, -0.2) is 17.4 Å². The highest BCUT2D eigenvalue weighted by atomic mass is 32.1. The molecule has 2 rings (SSSR count). The van der Waals surface area contributed by atoms with E-state index in [2.05, 4.69) is 22.5 Å². The van der Waals surface area contributed by atoms with E-state index in [4.69, 9.17) is 5.73 Å². The number of carbonyl (C=O) groups excluding carboxylic acids is 1. The number of rotatable bonds is 6. The Morgan fingerprint density at radius 3 is 2.95 bits per heavy atom. The molecule has 0 aliphatic heterocycles. The lowest BCUT2D eigenvalue weighted by molar-refractivity contribution is 0.0955. The lowest BCUT2D eigenvalue weighted by atomic mass is 10.1. The third kappa shape index (κ3) is 4.19. The lowest BCUT2D eigenvalue weighted by Crippen LogP contribution is -2.22. The lowest BCUT2D eigenvalue weighted by Gasteiger charge is -2.05. The molecule has 4 N–H and O–H groups in total. The van der Waals surface area contributed by atoms with E-state index >= 15 is 0 Å². The molecule has 6 heteroatoms. The molecule has 1 amide bonds. The van der Waals surface area contributed by atoms with Gasteiger partial charge in [0, 0.05) is 13.1 Å². The molecular formula is C15H20N4OS. The molecule has 0 bridgehead atoms. The number of amides is 1. The molecule has 5 nitrogen and oxygen atoms in total. The number of carbonyl (C=O) groups is 1. The number of aromatic nitrogens is 1. The number of anilines is 2. The first-order chi connectivity index (χ1) is 10.1. The van der Waals surface area contributed by atoms with Crippen molar-refractivity contribution in [2.75, 3.05) is 17.6 Å². The summed E-state index contributed by atoms with van der Waals surface area (Å²) in [6.07, 6.45) is 0.994. The Labute approximate surface area is 128 Å². The average Bonchev–Trinajstić information content (AvgIpc) is 2.84. The van der Waals surface area contributed by atoms with Crippen LogP contribution in [0.5, 0.6) is 0 Å². The van der Waals surface area contributed by atoms with E-state index in [-0.39, 0.29) is 11.7 Å². The van der Waals surface area contributed by atoms with Crippen LogP contribution in [0.2, 0.25) is 0 Å². The summed E-state index contributed by atoms with van der Waals surface area (Å²) >= 11 is 1.29. The zero-order chi connectivity index (χ0) is 15.2. The van der Waals surface area contributed by atoms with Gasteiger partial charge in [-0.2, -0.15) is 0 Å². The molecule has 21 heavy (non-hydrogen) atoms. The van der Waals surface area contributed by atoms with Gasteiger partial charge in [0.15, 0.2) is 5.13 Å². The van der Waals surface area contributed by atoms with Gasteiger partial charge >= 0.3 is 0 Å². The van der Waals surface area contributed by atoms with Crippen molar-refractivity contribution in [2.24, 2.45) is 0 Å². The minimum absolute atomic E-state index is 0.184. The Bertz CT molecular complexity index is 624. The van der Waals surface area contributed by atoms with E-state index < -0.39 is 0 Å². The zero-order valence-electron chi connectivity index (χ0n) is 12.3. The highest BCUT2D eigenvalue weighted by molar-refractivity contribution is 7.18. The quantitative estimate of drug-likeness (QED) is 0.766. The Morgan fingerprint density at radius 2 is 2.24 bits per heavy atom. The summed E-state index contributed by atoms with van der Waals surface area (Å²) in [6, 6.07) is 8.03. The van der Waals surface area contributed by atoms with Crippen LogP contribution in [0.1, 0.15) is 34.1 Å². The molecule has 112 valence electrons. The third-order valence-electron chi connectivity index (χ3n) is 2.92. The summed E-state index contributed by atoms with van der Waals surface area (Å²) in [7, 11) is 0.